The van der Waals surface area contributed by atoms with Gasteiger partial charge in [-0.3, -0.25) is 15.1 Å². The van der Waals surface area contributed by atoms with Crippen molar-refractivity contribution in [1.29, 1.82) is 0 Å². The second-order valence-corrected chi connectivity index (χ2v) is 4.05. The number of hydrogen-bond acceptors (Lipinski definition) is 5. The lowest BCUT2D eigenvalue weighted by molar-refractivity contribution is -0.113. The molecule has 0 spiro atoms. The zero-order chi connectivity index (χ0) is 11.4. The average molecular weight is 255 g/mol. The first-order valence-corrected chi connectivity index (χ1v) is 5.75. The maximum Gasteiger partial charge on any atom is 0.241 e. The van der Waals surface area contributed by atoms with Crippen LogP contribution in [-0.2, 0) is 4.79 Å². The van der Waals surface area contributed by atoms with E-state index in [2.05, 4.69) is 20.5 Å². The molecule has 1 amide bonds. The molecule has 2 aromatic rings. The Morgan fingerprint density at radius 2 is 2.31 bits per heavy atom. The minimum atomic E-state index is -0.301. The fraction of sp³-hybridized carbons (Fsp3) is 0.111. The highest BCUT2D eigenvalue weighted by molar-refractivity contribution is 7.18. The van der Waals surface area contributed by atoms with E-state index in [0.717, 1.165) is 5.69 Å². The maximum absolute atomic E-state index is 11.0. The Kier molecular flexibility index (Phi) is 3.43. The van der Waals surface area contributed by atoms with Crippen molar-refractivity contribution in [1.82, 2.24) is 15.2 Å². The largest absolute Gasteiger partial charge is 0.299 e. The van der Waals surface area contributed by atoms with Crippen molar-refractivity contribution in [2.24, 2.45) is 0 Å². The lowest BCUT2D eigenvalue weighted by Gasteiger charge is -1.94. The van der Waals surface area contributed by atoms with Gasteiger partial charge in [0.15, 0.2) is 5.01 Å². The molecule has 16 heavy (non-hydrogen) atoms. The molecule has 5 nitrogen and oxygen atoms in total. The molecule has 0 aliphatic rings. The Labute approximate surface area is 101 Å². The summed E-state index contributed by atoms with van der Waals surface area (Å²) in [5, 5.41) is 11.3. The van der Waals surface area contributed by atoms with Crippen molar-refractivity contribution in [3.63, 3.8) is 0 Å². The maximum atomic E-state index is 11.0. The highest BCUT2D eigenvalue weighted by Crippen LogP contribution is 2.24. The van der Waals surface area contributed by atoms with Crippen LogP contribution in [0.15, 0.2) is 24.4 Å². The van der Waals surface area contributed by atoms with Gasteiger partial charge in [0.25, 0.3) is 0 Å². The SMILES string of the molecule is O=C(CCl)Nc1nnc(-c2ccccn2)s1. The number of halogens is 1. The molecule has 2 rings (SSSR count). The number of nitrogens with one attached hydrogen (secondary N) is 1. The summed E-state index contributed by atoms with van der Waals surface area (Å²) < 4.78 is 0. The van der Waals surface area contributed by atoms with E-state index in [1.807, 2.05) is 18.2 Å². The normalized spacial score (nSPS) is 10.1. The van der Waals surface area contributed by atoms with E-state index in [1.54, 1.807) is 6.20 Å². The number of carbonyl (C=O) groups is 1. The van der Waals surface area contributed by atoms with E-state index in [4.69, 9.17) is 11.6 Å². The fourth-order valence-corrected chi connectivity index (χ4v) is 1.82. The van der Waals surface area contributed by atoms with E-state index >= 15 is 0 Å². The molecule has 0 radical (unpaired) electrons. The van der Waals surface area contributed by atoms with Crippen LogP contribution in [0.2, 0.25) is 0 Å². The molecule has 0 aliphatic carbocycles. The summed E-state index contributed by atoms with van der Waals surface area (Å²) in [4.78, 5) is 15.1. The van der Waals surface area contributed by atoms with Crippen LogP contribution in [0.1, 0.15) is 0 Å². The highest BCUT2D eigenvalue weighted by Gasteiger charge is 2.09. The second-order valence-electron chi connectivity index (χ2n) is 2.81. The Bertz CT molecular complexity index is 487. The van der Waals surface area contributed by atoms with E-state index in [9.17, 15) is 4.79 Å². The van der Waals surface area contributed by atoms with Crippen LogP contribution in [0, 0.1) is 0 Å². The Balaban J connectivity index is 2.17. The number of alkyl halides is 1. The van der Waals surface area contributed by atoms with Crippen LogP contribution in [0.4, 0.5) is 5.13 Å². The smallest absolute Gasteiger partial charge is 0.241 e. The Hall–Kier alpha value is -1.53. The molecule has 0 unspecified atom stereocenters. The molecular weight excluding hydrogens is 248 g/mol. The number of nitrogens with zero attached hydrogens (tertiary/aromatic N) is 3. The monoisotopic (exact) mass is 254 g/mol. The second kappa shape index (κ2) is 5.00. The van der Waals surface area contributed by atoms with Gasteiger partial charge < -0.3 is 0 Å². The molecule has 0 aliphatic heterocycles. The number of amides is 1. The van der Waals surface area contributed by atoms with E-state index in [-0.39, 0.29) is 11.8 Å². The van der Waals surface area contributed by atoms with Gasteiger partial charge in [-0.1, -0.05) is 17.4 Å². The molecule has 0 atom stereocenters. The molecule has 0 aromatic carbocycles. The lowest BCUT2D eigenvalue weighted by atomic mass is 10.4. The van der Waals surface area contributed by atoms with Crippen molar-refractivity contribution in [3.05, 3.63) is 24.4 Å². The van der Waals surface area contributed by atoms with Gasteiger partial charge in [0.05, 0.1) is 0 Å². The fourth-order valence-electron chi connectivity index (χ4n) is 1.02. The summed E-state index contributed by atoms with van der Waals surface area (Å²) in [6, 6.07) is 5.51. The zero-order valence-corrected chi connectivity index (χ0v) is 9.63. The minimum absolute atomic E-state index is 0.0987. The van der Waals surface area contributed by atoms with Crippen molar-refractivity contribution >= 4 is 34.0 Å². The van der Waals surface area contributed by atoms with Crippen LogP contribution >= 0.6 is 22.9 Å². The van der Waals surface area contributed by atoms with Gasteiger partial charge in [-0.05, 0) is 12.1 Å². The first kappa shape index (κ1) is 11.0. The first-order chi connectivity index (χ1) is 7.79. The molecule has 0 bridgehead atoms. The molecule has 2 heterocycles. The molecule has 1 N–H and O–H groups in total. The predicted molar refractivity (Wildman–Crippen MR) is 62.5 cm³/mol. The number of carbonyl (C=O) groups excluding carboxylic acids is 1. The number of hydrogen-bond donors (Lipinski definition) is 1. The zero-order valence-electron chi connectivity index (χ0n) is 8.05. The molecule has 7 heteroatoms. The van der Waals surface area contributed by atoms with Gasteiger partial charge in [0.1, 0.15) is 11.6 Å². The predicted octanol–water partition coefficient (Wildman–Crippen LogP) is 1.78. The number of anilines is 1. The minimum Gasteiger partial charge on any atom is -0.299 e. The summed E-state index contributed by atoms with van der Waals surface area (Å²) in [7, 11) is 0. The molecule has 82 valence electrons. The summed E-state index contributed by atoms with van der Waals surface area (Å²) in [6.07, 6.45) is 1.67. The van der Waals surface area contributed by atoms with Gasteiger partial charge in [0.2, 0.25) is 11.0 Å². The van der Waals surface area contributed by atoms with Gasteiger partial charge >= 0.3 is 0 Å². The third-order valence-corrected chi connectivity index (χ3v) is 2.78. The third kappa shape index (κ3) is 2.53. The summed E-state index contributed by atoms with van der Waals surface area (Å²) in [5.41, 5.74) is 0.728. The number of pyridine rings is 1. The van der Waals surface area contributed by atoms with E-state index in [0.29, 0.717) is 10.1 Å². The van der Waals surface area contributed by atoms with Crippen molar-refractivity contribution in [3.8, 4) is 10.7 Å². The summed E-state index contributed by atoms with van der Waals surface area (Å²) in [6.45, 7) is 0. The Morgan fingerprint density at radius 3 is 3.00 bits per heavy atom. The van der Waals surface area contributed by atoms with Crippen LogP contribution in [0.3, 0.4) is 0 Å². The molecule has 0 saturated carbocycles. The van der Waals surface area contributed by atoms with Crippen molar-refractivity contribution in [2.45, 2.75) is 0 Å². The third-order valence-electron chi connectivity index (χ3n) is 1.68. The van der Waals surface area contributed by atoms with Gasteiger partial charge in [-0.2, -0.15) is 0 Å². The van der Waals surface area contributed by atoms with Gasteiger partial charge in [-0.25, -0.2) is 0 Å². The molecular formula is C9H7ClN4OS. The van der Waals surface area contributed by atoms with Crippen molar-refractivity contribution < 1.29 is 4.79 Å². The lowest BCUT2D eigenvalue weighted by Crippen LogP contribution is -2.12. The van der Waals surface area contributed by atoms with E-state index < -0.39 is 0 Å². The molecule has 2 aromatic heterocycles. The summed E-state index contributed by atoms with van der Waals surface area (Å²) >= 11 is 6.61. The first-order valence-electron chi connectivity index (χ1n) is 4.40. The number of aromatic nitrogens is 3. The topological polar surface area (TPSA) is 67.8 Å². The van der Waals surface area contributed by atoms with Gasteiger partial charge in [-0.15, -0.1) is 21.8 Å². The van der Waals surface area contributed by atoms with Crippen LogP contribution in [0.5, 0.6) is 0 Å². The van der Waals surface area contributed by atoms with Crippen LogP contribution in [-0.4, -0.2) is 27.0 Å². The average Bonchev–Trinajstić information content (AvgIpc) is 2.78. The number of rotatable bonds is 3. The summed E-state index contributed by atoms with van der Waals surface area (Å²) in [5.74, 6) is -0.399. The standard InChI is InChI=1S/C9H7ClN4OS/c10-5-7(15)12-9-14-13-8(16-9)6-3-1-2-4-11-6/h1-4H,5H2,(H,12,14,15). The van der Waals surface area contributed by atoms with Crippen molar-refractivity contribution in [2.75, 3.05) is 11.2 Å². The molecule has 0 saturated heterocycles. The van der Waals surface area contributed by atoms with E-state index in [1.165, 1.54) is 11.3 Å². The van der Waals surface area contributed by atoms with Gasteiger partial charge in [0, 0.05) is 6.20 Å². The van der Waals surface area contributed by atoms with Crippen LogP contribution < -0.4 is 5.32 Å². The van der Waals surface area contributed by atoms with Crippen LogP contribution in [0.25, 0.3) is 10.7 Å². The quantitative estimate of drug-likeness (QED) is 0.848. The highest BCUT2D eigenvalue weighted by atomic mass is 35.5. The molecule has 0 fully saturated rings. The Morgan fingerprint density at radius 1 is 1.44 bits per heavy atom.